The van der Waals surface area contributed by atoms with Crippen molar-refractivity contribution in [2.24, 2.45) is 0 Å². The van der Waals surface area contributed by atoms with Gasteiger partial charge in [0.15, 0.2) is 5.69 Å². The molecule has 18 heavy (non-hydrogen) atoms. The maximum Gasteiger partial charge on any atom is 0.359 e. The van der Waals surface area contributed by atoms with Crippen LogP contribution in [0.25, 0.3) is 0 Å². The van der Waals surface area contributed by atoms with Gasteiger partial charge in [0, 0.05) is 5.92 Å². The highest BCUT2D eigenvalue weighted by molar-refractivity contribution is 7.16. The lowest BCUT2D eigenvalue weighted by Gasteiger charge is -2.17. The largest absolute Gasteiger partial charge is 0.464 e. The Hall–Kier alpha value is -1.10. The fraction of sp³-hybridized carbons (Fsp3) is 0.692. The zero-order chi connectivity index (χ0) is 13.0. The van der Waals surface area contributed by atoms with Gasteiger partial charge in [-0.1, -0.05) is 32.1 Å². The average molecular weight is 268 g/mol. The molecule has 1 aromatic rings. The van der Waals surface area contributed by atoms with E-state index in [1.807, 2.05) is 0 Å². The summed E-state index contributed by atoms with van der Waals surface area (Å²) < 4.78 is 4.69. The molecule has 0 unspecified atom stereocenters. The van der Waals surface area contributed by atoms with E-state index >= 15 is 0 Å². The monoisotopic (exact) mass is 268 g/mol. The Morgan fingerprint density at radius 3 is 2.50 bits per heavy atom. The molecule has 0 saturated heterocycles. The van der Waals surface area contributed by atoms with Gasteiger partial charge in [0.2, 0.25) is 0 Å². The minimum Gasteiger partial charge on any atom is -0.464 e. The van der Waals surface area contributed by atoms with E-state index in [9.17, 15) is 4.79 Å². The molecule has 1 heterocycles. The summed E-state index contributed by atoms with van der Waals surface area (Å²) in [6.07, 6.45) is 8.78. The number of carbonyl (C=O) groups is 1. The number of ether oxygens (including phenoxy) is 1. The van der Waals surface area contributed by atoms with Crippen LogP contribution in [0, 0.1) is 0 Å². The molecule has 0 spiro atoms. The minimum atomic E-state index is -0.430. The van der Waals surface area contributed by atoms with Crippen molar-refractivity contribution in [3.05, 3.63) is 10.7 Å². The lowest BCUT2D eigenvalue weighted by atomic mass is 9.92. The number of carbonyl (C=O) groups excluding carboxylic acids is 1. The van der Waals surface area contributed by atoms with Crippen LogP contribution >= 0.6 is 11.3 Å². The van der Waals surface area contributed by atoms with Crippen LogP contribution in [0.15, 0.2) is 0 Å². The summed E-state index contributed by atoms with van der Waals surface area (Å²) in [7, 11) is 1.36. The van der Waals surface area contributed by atoms with E-state index in [0.29, 0.717) is 16.6 Å². The molecule has 0 radical (unpaired) electrons. The number of anilines is 1. The summed E-state index contributed by atoms with van der Waals surface area (Å²) in [5, 5.41) is 1.49. The maximum absolute atomic E-state index is 11.5. The van der Waals surface area contributed by atoms with Crippen molar-refractivity contribution in [2.75, 3.05) is 12.8 Å². The fourth-order valence-electron chi connectivity index (χ4n) is 2.47. The Morgan fingerprint density at radius 1 is 1.28 bits per heavy atom. The quantitative estimate of drug-likeness (QED) is 0.835. The average Bonchev–Trinajstić information content (AvgIpc) is 2.70. The number of thiazole rings is 1. The van der Waals surface area contributed by atoms with Crippen LogP contribution in [0.4, 0.5) is 5.00 Å². The van der Waals surface area contributed by atoms with Crippen molar-refractivity contribution in [2.45, 2.75) is 50.9 Å². The first kappa shape index (κ1) is 13.3. The van der Waals surface area contributed by atoms with E-state index in [-0.39, 0.29) is 0 Å². The third-order valence-corrected chi connectivity index (χ3v) is 4.55. The zero-order valence-electron chi connectivity index (χ0n) is 10.8. The zero-order valence-corrected chi connectivity index (χ0v) is 11.6. The van der Waals surface area contributed by atoms with Crippen molar-refractivity contribution >= 4 is 22.3 Å². The van der Waals surface area contributed by atoms with Gasteiger partial charge in [0.05, 0.1) is 12.1 Å². The third-order valence-electron chi connectivity index (χ3n) is 3.50. The van der Waals surface area contributed by atoms with E-state index in [2.05, 4.69) is 9.72 Å². The van der Waals surface area contributed by atoms with Crippen LogP contribution < -0.4 is 5.73 Å². The SMILES string of the molecule is COC(=O)c1nc(C2CCCCCCC2)sc1N. The number of hydrogen-bond acceptors (Lipinski definition) is 5. The fourth-order valence-corrected chi connectivity index (χ4v) is 3.46. The van der Waals surface area contributed by atoms with Gasteiger partial charge in [-0.05, 0) is 12.8 Å². The van der Waals surface area contributed by atoms with Crippen molar-refractivity contribution in [3.8, 4) is 0 Å². The van der Waals surface area contributed by atoms with Crippen molar-refractivity contribution < 1.29 is 9.53 Å². The topological polar surface area (TPSA) is 65.2 Å². The predicted molar refractivity (Wildman–Crippen MR) is 72.9 cm³/mol. The van der Waals surface area contributed by atoms with E-state index in [1.54, 1.807) is 0 Å². The number of nitrogens with two attached hydrogens (primary N) is 1. The third kappa shape index (κ3) is 3.02. The number of methoxy groups -OCH3 is 1. The first-order valence-corrected chi connectivity index (χ1v) is 7.38. The van der Waals surface area contributed by atoms with Crippen LogP contribution in [-0.2, 0) is 4.74 Å². The summed E-state index contributed by atoms with van der Waals surface area (Å²) in [5.41, 5.74) is 6.14. The number of rotatable bonds is 2. The molecule has 2 rings (SSSR count). The van der Waals surface area contributed by atoms with Crippen LogP contribution in [0.1, 0.15) is 66.4 Å². The Labute approximate surface area is 112 Å². The molecule has 2 N–H and O–H groups in total. The Kier molecular flexibility index (Phi) is 4.58. The van der Waals surface area contributed by atoms with Gasteiger partial charge >= 0.3 is 5.97 Å². The first-order valence-electron chi connectivity index (χ1n) is 6.57. The van der Waals surface area contributed by atoms with Crippen molar-refractivity contribution in [1.29, 1.82) is 0 Å². The number of hydrogen-bond donors (Lipinski definition) is 1. The van der Waals surface area contributed by atoms with Gasteiger partial charge in [0.25, 0.3) is 0 Å². The summed E-state index contributed by atoms with van der Waals surface area (Å²) in [6, 6.07) is 0. The molecule has 0 amide bonds. The van der Waals surface area contributed by atoms with Crippen molar-refractivity contribution in [1.82, 2.24) is 4.98 Å². The van der Waals surface area contributed by atoms with Gasteiger partial charge < -0.3 is 10.5 Å². The number of esters is 1. The molecule has 1 saturated carbocycles. The van der Waals surface area contributed by atoms with Gasteiger partial charge in [-0.3, -0.25) is 0 Å². The second kappa shape index (κ2) is 6.18. The Morgan fingerprint density at radius 2 is 1.89 bits per heavy atom. The maximum atomic E-state index is 11.5. The highest BCUT2D eigenvalue weighted by atomic mass is 32.1. The molecule has 100 valence electrons. The Bertz CT molecular complexity index is 409. The smallest absolute Gasteiger partial charge is 0.359 e. The van der Waals surface area contributed by atoms with Gasteiger partial charge in [-0.2, -0.15) is 0 Å². The number of nitrogen functional groups attached to an aromatic ring is 1. The molecule has 0 aliphatic heterocycles. The molecule has 1 aliphatic rings. The van der Waals surface area contributed by atoms with E-state index in [1.165, 1.54) is 50.6 Å². The minimum absolute atomic E-state index is 0.291. The van der Waals surface area contributed by atoms with Gasteiger partial charge in [0.1, 0.15) is 5.00 Å². The van der Waals surface area contributed by atoms with Gasteiger partial charge in [-0.15, -0.1) is 11.3 Å². The van der Waals surface area contributed by atoms with Crippen LogP contribution in [0.5, 0.6) is 0 Å². The molecule has 1 fully saturated rings. The molecule has 1 aliphatic carbocycles. The van der Waals surface area contributed by atoms with E-state index in [0.717, 1.165) is 17.8 Å². The predicted octanol–water partition coefficient (Wildman–Crippen LogP) is 3.34. The Balaban J connectivity index is 2.14. The van der Waals surface area contributed by atoms with E-state index < -0.39 is 5.97 Å². The summed E-state index contributed by atoms with van der Waals surface area (Å²) in [4.78, 5) is 15.9. The molecular weight excluding hydrogens is 248 g/mol. The molecule has 0 bridgehead atoms. The first-order chi connectivity index (χ1) is 8.72. The summed E-state index contributed by atoms with van der Waals surface area (Å²) >= 11 is 1.45. The second-order valence-electron chi connectivity index (χ2n) is 4.80. The summed E-state index contributed by atoms with van der Waals surface area (Å²) in [6.45, 7) is 0. The molecule has 5 heteroatoms. The lowest BCUT2D eigenvalue weighted by Crippen LogP contribution is -2.06. The second-order valence-corrected chi connectivity index (χ2v) is 5.86. The van der Waals surface area contributed by atoms with E-state index in [4.69, 9.17) is 5.73 Å². The van der Waals surface area contributed by atoms with Crippen molar-refractivity contribution in [3.63, 3.8) is 0 Å². The van der Waals surface area contributed by atoms with Crippen LogP contribution in [0.2, 0.25) is 0 Å². The van der Waals surface area contributed by atoms with Gasteiger partial charge in [-0.25, -0.2) is 9.78 Å². The molecular formula is C13H20N2O2S. The van der Waals surface area contributed by atoms with Crippen LogP contribution in [0.3, 0.4) is 0 Å². The molecule has 1 aromatic heterocycles. The lowest BCUT2D eigenvalue weighted by molar-refractivity contribution is 0.0596. The molecule has 0 atom stereocenters. The number of aromatic nitrogens is 1. The summed E-state index contributed by atoms with van der Waals surface area (Å²) in [5.74, 6) is 0.0388. The number of nitrogens with zero attached hydrogens (tertiary/aromatic N) is 1. The molecule has 4 nitrogen and oxygen atoms in total. The normalized spacial score (nSPS) is 18.1. The standard InChI is InChI=1S/C13H20N2O2S/c1-17-13(16)10-11(14)18-12(15-10)9-7-5-3-2-4-6-8-9/h9H,2-8,14H2,1H3. The highest BCUT2D eigenvalue weighted by Gasteiger charge is 2.22. The highest BCUT2D eigenvalue weighted by Crippen LogP contribution is 2.35. The van der Waals surface area contributed by atoms with Crippen LogP contribution in [-0.4, -0.2) is 18.1 Å². The molecule has 0 aromatic carbocycles.